The number of imidazole rings is 1. The van der Waals surface area contributed by atoms with E-state index in [1.165, 1.54) is 12.8 Å². The van der Waals surface area contributed by atoms with E-state index in [9.17, 15) is 5.11 Å². The van der Waals surface area contributed by atoms with Gasteiger partial charge in [-0.15, -0.1) is 0 Å². The zero-order valence-electron chi connectivity index (χ0n) is 16.6. The lowest BCUT2D eigenvalue weighted by Gasteiger charge is -2.12. The van der Waals surface area contributed by atoms with Gasteiger partial charge >= 0.3 is 0 Å². The molecule has 30 heavy (non-hydrogen) atoms. The van der Waals surface area contributed by atoms with Crippen LogP contribution in [0.1, 0.15) is 37.3 Å². The average Bonchev–Trinajstić information content (AvgIpc) is 3.42. The molecule has 0 unspecified atom stereocenters. The van der Waals surface area contributed by atoms with Crippen molar-refractivity contribution in [2.45, 2.75) is 38.3 Å². The summed E-state index contributed by atoms with van der Waals surface area (Å²) in [7, 11) is 0. The Labute approximate surface area is 174 Å². The van der Waals surface area contributed by atoms with Gasteiger partial charge in [-0.3, -0.25) is 0 Å². The summed E-state index contributed by atoms with van der Waals surface area (Å²) in [6.07, 6.45) is 6.66. The van der Waals surface area contributed by atoms with Gasteiger partial charge in [0.25, 0.3) is 0 Å². The molecule has 1 aliphatic rings. The molecule has 0 amide bonds. The molecule has 4 aromatic rings. The molecule has 2 heterocycles. The second-order valence-corrected chi connectivity index (χ2v) is 7.76. The highest BCUT2D eigenvalue weighted by atomic mass is 16.3. The topological polar surface area (TPSA) is 102 Å². The summed E-state index contributed by atoms with van der Waals surface area (Å²) in [5.41, 5.74) is 10.4. The monoisotopic (exact) mass is 400 g/mol. The van der Waals surface area contributed by atoms with Gasteiger partial charge in [0.2, 0.25) is 5.95 Å². The van der Waals surface area contributed by atoms with Crippen LogP contribution in [-0.2, 0) is 6.54 Å². The number of phenolic OH excluding ortho intramolecular Hbond substituents is 1. The first kappa shape index (κ1) is 18.4. The molecule has 7 heteroatoms. The molecule has 0 spiro atoms. The summed E-state index contributed by atoms with van der Waals surface area (Å²) in [6, 6.07) is 15.9. The molecule has 0 radical (unpaired) electrons. The largest absolute Gasteiger partial charge is 0.507 e. The minimum absolute atomic E-state index is 0.250. The summed E-state index contributed by atoms with van der Waals surface area (Å²) in [6.45, 7) is 0.586. The summed E-state index contributed by atoms with van der Waals surface area (Å²) >= 11 is 0. The molecule has 0 atom stereocenters. The van der Waals surface area contributed by atoms with Crippen molar-refractivity contribution in [1.29, 1.82) is 0 Å². The Bertz CT molecular complexity index is 1180. The number of nitrogen functional groups attached to an aromatic ring is 1. The van der Waals surface area contributed by atoms with Crippen molar-refractivity contribution in [2.24, 2.45) is 0 Å². The number of nitrogens with one attached hydrogen (secondary N) is 1. The summed E-state index contributed by atoms with van der Waals surface area (Å²) in [5.74, 6) is 1.18. The van der Waals surface area contributed by atoms with Gasteiger partial charge in [0, 0.05) is 18.2 Å². The molecule has 2 aromatic carbocycles. The van der Waals surface area contributed by atoms with E-state index in [-0.39, 0.29) is 11.7 Å². The first-order valence-electron chi connectivity index (χ1n) is 10.3. The van der Waals surface area contributed by atoms with Crippen molar-refractivity contribution in [3.63, 3.8) is 0 Å². The molecule has 0 bridgehead atoms. The Morgan fingerprint density at radius 3 is 2.57 bits per heavy atom. The molecule has 2 aromatic heterocycles. The Morgan fingerprint density at radius 2 is 1.80 bits per heavy atom. The van der Waals surface area contributed by atoms with Crippen molar-refractivity contribution >= 4 is 22.9 Å². The van der Waals surface area contributed by atoms with Crippen LogP contribution in [0, 0.1) is 0 Å². The molecule has 152 valence electrons. The number of fused-ring (bicyclic) bond motifs is 1. The predicted molar refractivity (Wildman–Crippen MR) is 118 cm³/mol. The Morgan fingerprint density at radius 1 is 1.03 bits per heavy atom. The molecule has 0 saturated heterocycles. The third-order valence-electron chi connectivity index (χ3n) is 5.79. The van der Waals surface area contributed by atoms with E-state index in [0.29, 0.717) is 18.4 Å². The SMILES string of the molecule is Nc1nc(NCc2ccc(-c3ccccc3O)cc2)c2ncn(C3CCCC3)c2n1. The number of aromatic nitrogens is 4. The fraction of sp³-hybridized carbons (Fsp3) is 0.261. The number of nitrogens with two attached hydrogens (primary N) is 1. The van der Waals surface area contributed by atoms with Gasteiger partial charge in [0.05, 0.1) is 6.33 Å². The number of rotatable bonds is 5. The number of hydrogen-bond donors (Lipinski definition) is 3. The minimum atomic E-state index is 0.250. The van der Waals surface area contributed by atoms with Crippen molar-refractivity contribution in [3.05, 3.63) is 60.4 Å². The van der Waals surface area contributed by atoms with Gasteiger partial charge in [-0.25, -0.2) is 4.98 Å². The van der Waals surface area contributed by atoms with Gasteiger partial charge in [-0.1, -0.05) is 55.3 Å². The van der Waals surface area contributed by atoms with E-state index in [1.54, 1.807) is 6.07 Å². The van der Waals surface area contributed by atoms with Crippen LogP contribution in [0.4, 0.5) is 11.8 Å². The molecular formula is C23H24N6O. The summed E-state index contributed by atoms with van der Waals surface area (Å²) in [4.78, 5) is 13.4. The lowest BCUT2D eigenvalue weighted by Crippen LogP contribution is -2.08. The average molecular weight is 400 g/mol. The molecule has 1 fully saturated rings. The first-order valence-corrected chi connectivity index (χ1v) is 10.3. The molecule has 4 N–H and O–H groups in total. The van der Waals surface area contributed by atoms with Gasteiger partial charge in [0.15, 0.2) is 17.0 Å². The van der Waals surface area contributed by atoms with Crippen LogP contribution < -0.4 is 11.1 Å². The maximum Gasteiger partial charge on any atom is 0.224 e. The fourth-order valence-corrected chi connectivity index (χ4v) is 4.21. The van der Waals surface area contributed by atoms with Gasteiger partial charge in [0.1, 0.15) is 5.75 Å². The third kappa shape index (κ3) is 3.43. The van der Waals surface area contributed by atoms with E-state index in [1.807, 2.05) is 48.8 Å². The van der Waals surface area contributed by atoms with Crippen LogP contribution in [0.5, 0.6) is 5.75 Å². The molecule has 5 rings (SSSR count). The maximum atomic E-state index is 10.0. The highest BCUT2D eigenvalue weighted by Crippen LogP contribution is 2.33. The quantitative estimate of drug-likeness (QED) is 0.456. The standard InChI is InChI=1S/C23H24N6O/c24-23-27-21(20-22(28-23)29(14-26-20)17-5-1-2-6-17)25-13-15-9-11-16(12-10-15)18-7-3-4-8-19(18)30/h3-4,7-12,14,17,30H,1-2,5-6,13H2,(H3,24,25,27,28). The number of benzene rings is 2. The van der Waals surface area contributed by atoms with E-state index in [2.05, 4.69) is 24.8 Å². The second-order valence-electron chi connectivity index (χ2n) is 7.76. The molecule has 7 nitrogen and oxygen atoms in total. The summed E-state index contributed by atoms with van der Waals surface area (Å²) < 4.78 is 2.15. The van der Waals surface area contributed by atoms with Gasteiger partial charge in [-0.2, -0.15) is 9.97 Å². The Balaban J connectivity index is 1.37. The smallest absolute Gasteiger partial charge is 0.224 e. The lowest BCUT2D eigenvalue weighted by atomic mass is 10.0. The highest BCUT2D eigenvalue weighted by Gasteiger charge is 2.21. The van der Waals surface area contributed by atoms with Crippen LogP contribution in [-0.4, -0.2) is 24.6 Å². The summed E-state index contributed by atoms with van der Waals surface area (Å²) in [5, 5.41) is 13.4. The molecule has 1 aliphatic carbocycles. The van der Waals surface area contributed by atoms with Crippen LogP contribution >= 0.6 is 0 Å². The van der Waals surface area contributed by atoms with E-state index in [0.717, 1.165) is 40.7 Å². The van der Waals surface area contributed by atoms with E-state index < -0.39 is 0 Å². The van der Waals surface area contributed by atoms with Crippen molar-refractivity contribution in [3.8, 4) is 16.9 Å². The van der Waals surface area contributed by atoms with E-state index in [4.69, 9.17) is 5.73 Å². The Kier molecular flexibility index (Phi) is 4.71. The van der Waals surface area contributed by atoms with Crippen molar-refractivity contribution < 1.29 is 5.11 Å². The van der Waals surface area contributed by atoms with Crippen LogP contribution in [0.25, 0.3) is 22.3 Å². The van der Waals surface area contributed by atoms with Gasteiger partial charge in [-0.05, 0) is 30.0 Å². The Hall–Kier alpha value is -3.61. The highest BCUT2D eigenvalue weighted by molar-refractivity contribution is 5.84. The van der Waals surface area contributed by atoms with Crippen LogP contribution in [0.15, 0.2) is 54.9 Å². The second kappa shape index (κ2) is 7.67. The normalized spacial score (nSPS) is 14.4. The zero-order chi connectivity index (χ0) is 20.5. The maximum absolute atomic E-state index is 10.0. The predicted octanol–water partition coefficient (Wildman–Crippen LogP) is 4.51. The number of aromatic hydroxyl groups is 1. The first-order chi connectivity index (χ1) is 14.7. The molecule has 1 saturated carbocycles. The fourth-order valence-electron chi connectivity index (χ4n) is 4.21. The number of nitrogens with zero attached hydrogens (tertiary/aromatic N) is 4. The number of para-hydroxylation sites is 1. The van der Waals surface area contributed by atoms with Crippen LogP contribution in [0.2, 0.25) is 0 Å². The lowest BCUT2D eigenvalue weighted by molar-refractivity contribution is 0.477. The third-order valence-corrected chi connectivity index (χ3v) is 5.79. The number of phenols is 1. The van der Waals surface area contributed by atoms with E-state index >= 15 is 0 Å². The van der Waals surface area contributed by atoms with Crippen molar-refractivity contribution in [2.75, 3.05) is 11.1 Å². The number of anilines is 2. The molecular weight excluding hydrogens is 376 g/mol. The van der Waals surface area contributed by atoms with Crippen molar-refractivity contribution in [1.82, 2.24) is 19.5 Å². The minimum Gasteiger partial charge on any atom is -0.507 e. The number of hydrogen-bond acceptors (Lipinski definition) is 6. The molecule has 0 aliphatic heterocycles. The van der Waals surface area contributed by atoms with Crippen LogP contribution in [0.3, 0.4) is 0 Å². The zero-order valence-corrected chi connectivity index (χ0v) is 16.6. The van der Waals surface area contributed by atoms with Gasteiger partial charge < -0.3 is 20.7 Å².